The third-order valence-corrected chi connectivity index (χ3v) is 2.73. The molecule has 0 aliphatic carbocycles. The number of carbonyl (C=O) groups is 1. The van der Waals surface area contributed by atoms with Gasteiger partial charge in [0.05, 0.1) is 6.10 Å². The Morgan fingerprint density at radius 1 is 1.50 bits per heavy atom. The molecule has 0 aromatic carbocycles. The van der Waals surface area contributed by atoms with E-state index in [2.05, 4.69) is 0 Å². The van der Waals surface area contributed by atoms with Gasteiger partial charge in [0.2, 0.25) is 0 Å². The summed E-state index contributed by atoms with van der Waals surface area (Å²) >= 11 is 0. The van der Waals surface area contributed by atoms with Crippen LogP contribution in [0.3, 0.4) is 0 Å². The van der Waals surface area contributed by atoms with E-state index in [0.717, 1.165) is 0 Å². The topological polar surface area (TPSA) is 85.2 Å². The summed E-state index contributed by atoms with van der Waals surface area (Å²) in [7, 11) is 1.36. The predicted octanol–water partition coefficient (Wildman–Crippen LogP) is -0.579. The molecule has 1 aliphatic rings. The average Bonchev–Trinajstić information content (AvgIpc) is 2.18. The molecule has 1 saturated heterocycles. The lowest BCUT2D eigenvalue weighted by atomic mass is 9.86. The van der Waals surface area contributed by atoms with Crippen molar-refractivity contribution in [1.82, 2.24) is 0 Å². The van der Waals surface area contributed by atoms with Crippen molar-refractivity contribution < 1.29 is 29.2 Å². The normalized spacial score (nSPS) is 44.1. The van der Waals surface area contributed by atoms with Gasteiger partial charge in [-0.3, -0.25) is 4.79 Å². The van der Waals surface area contributed by atoms with Crippen LogP contribution >= 0.6 is 0 Å². The zero-order valence-corrected chi connectivity index (χ0v) is 9.84. The third-order valence-electron chi connectivity index (χ3n) is 2.73. The molecule has 16 heavy (non-hydrogen) atoms. The molecule has 1 fully saturated rings. The van der Waals surface area contributed by atoms with E-state index in [9.17, 15) is 15.0 Å². The summed E-state index contributed by atoms with van der Waals surface area (Å²) in [5, 5.41) is 19.9. The highest BCUT2D eigenvalue weighted by Gasteiger charge is 2.53. The van der Waals surface area contributed by atoms with Crippen LogP contribution in [0.1, 0.15) is 20.8 Å². The number of ether oxygens (including phenoxy) is 3. The van der Waals surface area contributed by atoms with Crippen LogP contribution in [0.5, 0.6) is 0 Å². The lowest BCUT2D eigenvalue weighted by Gasteiger charge is -2.46. The van der Waals surface area contributed by atoms with Crippen LogP contribution in [-0.2, 0) is 19.0 Å². The van der Waals surface area contributed by atoms with E-state index in [-0.39, 0.29) is 0 Å². The molecule has 6 heteroatoms. The van der Waals surface area contributed by atoms with Crippen LogP contribution in [0.25, 0.3) is 0 Å². The first-order valence-corrected chi connectivity index (χ1v) is 5.06. The van der Waals surface area contributed by atoms with Crippen LogP contribution in [0.4, 0.5) is 0 Å². The van der Waals surface area contributed by atoms with Crippen molar-refractivity contribution in [3.05, 3.63) is 0 Å². The van der Waals surface area contributed by atoms with Crippen molar-refractivity contribution in [3.63, 3.8) is 0 Å². The molecule has 5 atom stereocenters. The molecule has 0 spiro atoms. The maximum Gasteiger partial charge on any atom is 0.303 e. The predicted molar refractivity (Wildman–Crippen MR) is 53.5 cm³/mol. The molecule has 6 nitrogen and oxygen atoms in total. The van der Waals surface area contributed by atoms with Crippen LogP contribution < -0.4 is 0 Å². The molecule has 0 amide bonds. The highest BCUT2D eigenvalue weighted by molar-refractivity contribution is 5.66. The Labute approximate surface area is 94.1 Å². The Kier molecular flexibility index (Phi) is 3.90. The van der Waals surface area contributed by atoms with Gasteiger partial charge in [-0.05, 0) is 13.8 Å². The number of rotatable bonds is 2. The largest absolute Gasteiger partial charge is 0.457 e. The van der Waals surface area contributed by atoms with Crippen molar-refractivity contribution in [2.75, 3.05) is 7.11 Å². The van der Waals surface area contributed by atoms with E-state index in [1.165, 1.54) is 21.0 Å². The molecule has 1 rings (SSSR count). The molecule has 0 aromatic heterocycles. The van der Waals surface area contributed by atoms with Gasteiger partial charge < -0.3 is 24.4 Å². The molecular formula is C10H18O6. The fourth-order valence-electron chi connectivity index (χ4n) is 1.85. The Morgan fingerprint density at radius 2 is 2.06 bits per heavy atom. The number of carbonyl (C=O) groups excluding carboxylic acids is 1. The van der Waals surface area contributed by atoms with Crippen LogP contribution in [0.2, 0.25) is 0 Å². The summed E-state index contributed by atoms with van der Waals surface area (Å²) in [5.74, 6) is -0.538. The SMILES string of the molecule is CO[C@H]1O[C@@H](C)[C@H](OC(C)=O)[C@](C)(O)[C@@H]1O. The second-order valence-electron chi connectivity index (χ2n) is 4.15. The van der Waals surface area contributed by atoms with E-state index in [1.807, 2.05) is 0 Å². The summed E-state index contributed by atoms with van der Waals surface area (Å²) in [5.41, 5.74) is -1.61. The number of aliphatic hydroxyl groups excluding tert-OH is 1. The lowest BCUT2D eigenvalue weighted by Crippen LogP contribution is -2.65. The first kappa shape index (κ1) is 13.4. The van der Waals surface area contributed by atoms with Crippen LogP contribution in [0, 0.1) is 0 Å². The van der Waals surface area contributed by atoms with Crippen molar-refractivity contribution in [2.24, 2.45) is 0 Å². The summed E-state index contributed by atoms with van der Waals surface area (Å²) < 4.78 is 15.1. The van der Waals surface area contributed by atoms with E-state index < -0.39 is 36.2 Å². The Balaban J connectivity index is 2.89. The summed E-state index contributed by atoms with van der Waals surface area (Å²) in [6.45, 7) is 4.26. The zero-order chi connectivity index (χ0) is 12.5. The first-order chi connectivity index (χ1) is 7.30. The van der Waals surface area contributed by atoms with Gasteiger partial charge in [0.1, 0.15) is 11.7 Å². The molecule has 0 saturated carbocycles. The van der Waals surface area contributed by atoms with Crippen molar-refractivity contribution in [1.29, 1.82) is 0 Å². The fraction of sp³-hybridized carbons (Fsp3) is 0.900. The van der Waals surface area contributed by atoms with Crippen LogP contribution in [-0.4, -0.2) is 53.5 Å². The molecule has 0 unspecified atom stereocenters. The maximum absolute atomic E-state index is 10.9. The van der Waals surface area contributed by atoms with E-state index >= 15 is 0 Å². The summed E-state index contributed by atoms with van der Waals surface area (Å²) in [6.07, 6.45) is -3.70. The molecule has 0 bridgehead atoms. The number of esters is 1. The third kappa shape index (κ3) is 2.35. The van der Waals surface area contributed by atoms with E-state index in [1.54, 1.807) is 6.92 Å². The van der Waals surface area contributed by atoms with E-state index in [4.69, 9.17) is 14.2 Å². The van der Waals surface area contributed by atoms with Gasteiger partial charge in [0, 0.05) is 14.0 Å². The van der Waals surface area contributed by atoms with E-state index in [0.29, 0.717) is 0 Å². The number of methoxy groups -OCH3 is 1. The van der Waals surface area contributed by atoms with Gasteiger partial charge >= 0.3 is 5.97 Å². The Hall–Kier alpha value is -0.690. The van der Waals surface area contributed by atoms with Crippen molar-refractivity contribution >= 4 is 5.97 Å². The second-order valence-corrected chi connectivity index (χ2v) is 4.15. The molecule has 1 heterocycles. The monoisotopic (exact) mass is 234 g/mol. The second kappa shape index (κ2) is 4.67. The highest BCUT2D eigenvalue weighted by atomic mass is 16.7. The minimum atomic E-state index is -1.61. The van der Waals surface area contributed by atoms with Crippen molar-refractivity contribution in [3.8, 4) is 0 Å². The number of hydrogen-bond acceptors (Lipinski definition) is 6. The quantitative estimate of drug-likeness (QED) is 0.622. The smallest absolute Gasteiger partial charge is 0.303 e. The lowest BCUT2D eigenvalue weighted by molar-refractivity contribution is -0.317. The molecular weight excluding hydrogens is 216 g/mol. The maximum atomic E-state index is 10.9. The van der Waals surface area contributed by atoms with Crippen molar-refractivity contribution in [2.45, 2.75) is 51.0 Å². The van der Waals surface area contributed by atoms with Gasteiger partial charge in [-0.25, -0.2) is 0 Å². The Bertz CT molecular complexity index is 264. The number of hydrogen-bond donors (Lipinski definition) is 2. The van der Waals surface area contributed by atoms with Gasteiger partial charge in [-0.15, -0.1) is 0 Å². The molecule has 94 valence electrons. The summed E-state index contributed by atoms with van der Waals surface area (Å²) in [6, 6.07) is 0. The average molecular weight is 234 g/mol. The minimum Gasteiger partial charge on any atom is -0.457 e. The molecule has 1 aliphatic heterocycles. The standard InChI is InChI=1S/C10H18O6/c1-5-8(16-6(2)11)10(3,13)7(12)9(14-4)15-5/h5,7-9,12-13H,1-4H3/t5-,7+,8-,9-,10+/m0/s1. The minimum absolute atomic E-state index is 0.538. The summed E-state index contributed by atoms with van der Waals surface area (Å²) in [4.78, 5) is 10.9. The molecule has 2 N–H and O–H groups in total. The van der Waals surface area contributed by atoms with Gasteiger partial charge in [-0.2, -0.15) is 0 Å². The Morgan fingerprint density at radius 3 is 2.50 bits per heavy atom. The zero-order valence-electron chi connectivity index (χ0n) is 9.84. The highest BCUT2D eigenvalue weighted by Crippen LogP contribution is 2.31. The van der Waals surface area contributed by atoms with Crippen LogP contribution in [0.15, 0.2) is 0 Å². The van der Waals surface area contributed by atoms with Gasteiger partial charge in [0.15, 0.2) is 12.4 Å². The van der Waals surface area contributed by atoms with Gasteiger partial charge in [0.25, 0.3) is 0 Å². The number of aliphatic hydroxyl groups is 2. The first-order valence-electron chi connectivity index (χ1n) is 5.06. The molecule has 0 aromatic rings. The fourth-order valence-corrected chi connectivity index (χ4v) is 1.85. The molecule has 0 radical (unpaired) electrons. The van der Waals surface area contributed by atoms with Gasteiger partial charge in [-0.1, -0.05) is 0 Å².